The number of rotatable bonds is 4. The van der Waals surface area contributed by atoms with E-state index >= 15 is 0 Å². The predicted molar refractivity (Wildman–Crippen MR) is 67.5 cm³/mol. The minimum atomic E-state index is 0.949. The number of para-hydroxylation sites is 1. The van der Waals surface area contributed by atoms with E-state index in [1.807, 2.05) is 25.1 Å². The van der Waals surface area contributed by atoms with Crippen molar-refractivity contribution in [2.75, 3.05) is 11.9 Å². The highest BCUT2D eigenvalue weighted by Crippen LogP contribution is 2.25. The Labute approximate surface area is 93.7 Å². The number of allylic oxidation sites excluding steroid dienone is 1. The Morgan fingerprint density at radius 2 is 2.27 bits per heavy atom. The van der Waals surface area contributed by atoms with Crippen LogP contribution in [0, 0.1) is 0 Å². The van der Waals surface area contributed by atoms with Gasteiger partial charge in [-0.15, -0.1) is 0 Å². The maximum absolute atomic E-state index is 4.49. The van der Waals surface area contributed by atoms with Crippen LogP contribution < -0.4 is 5.32 Å². The summed E-state index contributed by atoms with van der Waals surface area (Å²) in [4.78, 5) is 4.49. The second-order valence-corrected chi connectivity index (χ2v) is 4.30. The molecule has 2 aromatic rings. The fraction of sp³-hybridized carbons (Fsp3) is 0.250. The zero-order valence-electron chi connectivity index (χ0n) is 8.73. The van der Waals surface area contributed by atoms with Crippen LogP contribution in [0.2, 0.25) is 0 Å². The molecule has 1 heterocycles. The highest BCUT2D eigenvalue weighted by molar-refractivity contribution is 7.22. The Kier molecular flexibility index (Phi) is 3.35. The monoisotopic (exact) mass is 218 g/mol. The summed E-state index contributed by atoms with van der Waals surface area (Å²) in [5.74, 6) is 0. The van der Waals surface area contributed by atoms with E-state index in [-0.39, 0.29) is 0 Å². The quantitative estimate of drug-likeness (QED) is 0.625. The van der Waals surface area contributed by atoms with Crippen molar-refractivity contribution in [2.45, 2.75) is 13.3 Å². The maximum atomic E-state index is 4.49. The van der Waals surface area contributed by atoms with E-state index in [4.69, 9.17) is 0 Å². The molecule has 0 radical (unpaired) electrons. The lowest BCUT2D eigenvalue weighted by molar-refractivity contribution is 1.06. The summed E-state index contributed by atoms with van der Waals surface area (Å²) in [6.07, 6.45) is 5.27. The lowest BCUT2D eigenvalue weighted by atomic mass is 10.3. The molecule has 0 aliphatic heterocycles. The van der Waals surface area contributed by atoms with Crippen LogP contribution in [0.4, 0.5) is 5.13 Å². The third-order valence-electron chi connectivity index (χ3n) is 2.12. The molecule has 0 aliphatic carbocycles. The third kappa shape index (κ3) is 2.57. The molecule has 0 unspecified atom stereocenters. The molecule has 15 heavy (non-hydrogen) atoms. The normalized spacial score (nSPS) is 11.3. The van der Waals surface area contributed by atoms with Crippen molar-refractivity contribution in [3.8, 4) is 0 Å². The van der Waals surface area contributed by atoms with E-state index in [9.17, 15) is 0 Å². The minimum Gasteiger partial charge on any atom is -0.361 e. The Morgan fingerprint density at radius 3 is 3.07 bits per heavy atom. The summed E-state index contributed by atoms with van der Waals surface area (Å²) in [6, 6.07) is 8.21. The zero-order valence-corrected chi connectivity index (χ0v) is 9.55. The summed E-state index contributed by atoms with van der Waals surface area (Å²) >= 11 is 1.71. The van der Waals surface area contributed by atoms with Crippen molar-refractivity contribution < 1.29 is 0 Å². The second-order valence-electron chi connectivity index (χ2n) is 3.27. The van der Waals surface area contributed by atoms with Gasteiger partial charge in [-0.05, 0) is 25.5 Å². The molecule has 1 N–H and O–H groups in total. The molecule has 0 spiro atoms. The molecule has 2 rings (SSSR count). The van der Waals surface area contributed by atoms with Crippen LogP contribution in [0.5, 0.6) is 0 Å². The highest BCUT2D eigenvalue weighted by Gasteiger charge is 2.00. The molecule has 0 atom stereocenters. The lowest BCUT2D eigenvalue weighted by Gasteiger charge is -1.97. The predicted octanol–water partition coefficient (Wildman–Crippen LogP) is 3.67. The summed E-state index contributed by atoms with van der Waals surface area (Å²) in [7, 11) is 0. The van der Waals surface area contributed by atoms with E-state index in [2.05, 4.69) is 28.5 Å². The number of nitrogens with one attached hydrogen (secondary N) is 1. The number of aromatic nitrogens is 1. The number of hydrogen-bond donors (Lipinski definition) is 1. The fourth-order valence-electron chi connectivity index (χ4n) is 1.38. The summed E-state index contributed by atoms with van der Waals surface area (Å²) in [5.41, 5.74) is 1.08. The van der Waals surface area contributed by atoms with Crippen molar-refractivity contribution in [2.24, 2.45) is 0 Å². The molecule has 2 nitrogen and oxygen atoms in total. The molecule has 0 fully saturated rings. The second kappa shape index (κ2) is 4.94. The van der Waals surface area contributed by atoms with Crippen LogP contribution in [0.25, 0.3) is 10.2 Å². The molecule has 0 amide bonds. The molecule has 0 saturated carbocycles. The van der Waals surface area contributed by atoms with E-state index in [1.165, 1.54) is 4.70 Å². The van der Waals surface area contributed by atoms with Gasteiger partial charge in [0.25, 0.3) is 0 Å². The Hall–Kier alpha value is -1.35. The average Bonchev–Trinajstić information content (AvgIpc) is 2.67. The Balaban J connectivity index is 2.02. The van der Waals surface area contributed by atoms with Crippen molar-refractivity contribution in [1.82, 2.24) is 4.98 Å². The summed E-state index contributed by atoms with van der Waals surface area (Å²) in [6.45, 7) is 2.99. The minimum absolute atomic E-state index is 0.949. The average molecular weight is 218 g/mol. The fourth-order valence-corrected chi connectivity index (χ4v) is 2.27. The van der Waals surface area contributed by atoms with Gasteiger partial charge in [0.1, 0.15) is 0 Å². The van der Waals surface area contributed by atoms with Gasteiger partial charge in [-0.2, -0.15) is 0 Å². The number of benzene rings is 1. The third-order valence-corrected chi connectivity index (χ3v) is 3.11. The van der Waals surface area contributed by atoms with E-state index in [0.717, 1.165) is 23.6 Å². The Morgan fingerprint density at radius 1 is 1.40 bits per heavy atom. The molecular weight excluding hydrogens is 204 g/mol. The van der Waals surface area contributed by atoms with Crippen molar-refractivity contribution in [1.29, 1.82) is 0 Å². The van der Waals surface area contributed by atoms with Crippen LogP contribution in [-0.2, 0) is 0 Å². The summed E-state index contributed by atoms with van der Waals surface area (Å²) < 4.78 is 1.24. The molecule has 1 aromatic heterocycles. The molecule has 3 heteroatoms. The lowest BCUT2D eigenvalue weighted by Crippen LogP contribution is -1.98. The summed E-state index contributed by atoms with van der Waals surface area (Å²) in [5, 5.41) is 4.34. The van der Waals surface area contributed by atoms with Crippen LogP contribution in [0.15, 0.2) is 36.4 Å². The van der Waals surface area contributed by atoms with Gasteiger partial charge >= 0.3 is 0 Å². The molecule has 0 saturated heterocycles. The first kappa shape index (κ1) is 10.2. The van der Waals surface area contributed by atoms with Crippen LogP contribution in [0.1, 0.15) is 13.3 Å². The molecular formula is C12H14N2S. The zero-order chi connectivity index (χ0) is 10.5. The topological polar surface area (TPSA) is 24.9 Å². The van der Waals surface area contributed by atoms with E-state index in [0.29, 0.717) is 0 Å². The number of fused-ring (bicyclic) bond motifs is 1. The van der Waals surface area contributed by atoms with Crippen molar-refractivity contribution in [3.63, 3.8) is 0 Å². The number of hydrogen-bond acceptors (Lipinski definition) is 3. The van der Waals surface area contributed by atoms with Gasteiger partial charge in [-0.25, -0.2) is 4.98 Å². The van der Waals surface area contributed by atoms with Gasteiger partial charge in [-0.1, -0.05) is 35.6 Å². The van der Waals surface area contributed by atoms with Crippen molar-refractivity contribution >= 4 is 26.7 Å². The molecule has 0 aliphatic rings. The largest absolute Gasteiger partial charge is 0.361 e. The van der Waals surface area contributed by atoms with Gasteiger partial charge in [0.2, 0.25) is 0 Å². The van der Waals surface area contributed by atoms with Gasteiger partial charge in [0.15, 0.2) is 5.13 Å². The standard InChI is InChI=1S/C12H14N2S/c1-2-3-6-9-13-12-14-10-7-4-5-8-11(10)15-12/h2-5,7-8H,6,9H2,1H3,(H,13,14)/b3-2+. The van der Waals surface area contributed by atoms with Gasteiger partial charge < -0.3 is 5.32 Å². The van der Waals surface area contributed by atoms with Crippen LogP contribution in [-0.4, -0.2) is 11.5 Å². The first-order valence-electron chi connectivity index (χ1n) is 5.11. The number of anilines is 1. The highest BCUT2D eigenvalue weighted by atomic mass is 32.1. The first-order chi connectivity index (χ1) is 7.40. The first-order valence-corrected chi connectivity index (χ1v) is 5.92. The molecule has 78 valence electrons. The molecule has 1 aromatic carbocycles. The van der Waals surface area contributed by atoms with Gasteiger partial charge in [0, 0.05) is 6.54 Å². The maximum Gasteiger partial charge on any atom is 0.183 e. The number of thiazole rings is 1. The van der Waals surface area contributed by atoms with Crippen molar-refractivity contribution in [3.05, 3.63) is 36.4 Å². The van der Waals surface area contributed by atoms with Crippen LogP contribution >= 0.6 is 11.3 Å². The SMILES string of the molecule is C/C=C/CCNc1nc2ccccc2s1. The molecule has 0 bridgehead atoms. The van der Waals surface area contributed by atoms with Gasteiger partial charge in [-0.3, -0.25) is 0 Å². The smallest absolute Gasteiger partial charge is 0.183 e. The Bertz CT molecular complexity index is 426. The van der Waals surface area contributed by atoms with E-state index in [1.54, 1.807) is 11.3 Å². The van der Waals surface area contributed by atoms with Crippen LogP contribution in [0.3, 0.4) is 0 Å². The number of nitrogens with zero attached hydrogens (tertiary/aromatic N) is 1. The van der Waals surface area contributed by atoms with E-state index < -0.39 is 0 Å². The van der Waals surface area contributed by atoms with Gasteiger partial charge in [0.05, 0.1) is 10.2 Å².